The van der Waals surface area contributed by atoms with Gasteiger partial charge < -0.3 is 39.3 Å². The number of benzene rings is 1. The number of ether oxygens (including phenoxy) is 2. The van der Waals surface area contributed by atoms with Crippen molar-refractivity contribution in [1.82, 2.24) is 9.80 Å². The van der Waals surface area contributed by atoms with Crippen molar-refractivity contribution in [2.75, 3.05) is 91.8 Å². The highest BCUT2D eigenvalue weighted by molar-refractivity contribution is 8.15. The standard InChI is InChI=1S/C30H48N6O4S2/c1-29(2)21-31-27(41-29)35-13-9-33(10-14-35)17-23(37)19-39-25-5-7-26(8-6-25)40-20-24(38)18-34-11-15-36(16-12-34)28-32-22-30(3,4)42-28/h5-8,23-24,37-38H,9-22H2,1-4H3/p+2/t23-,24-/m0/s1. The number of hydrogen-bond acceptors (Lipinski definition) is 10. The minimum absolute atomic E-state index is 0.207. The molecule has 234 valence electrons. The van der Waals surface area contributed by atoms with Gasteiger partial charge >= 0.3 is 0 Å². The first kappa shape index (κ1) is 31.7. The Kier molecular flexibility index (Phi) is 10.5. The third-order valence-electron chi connectivity index (χ3n) is 8.16. The number of thioether (sulfide) groups is 2. The Hall–Kier alpha value is -1.70. The highest BCUT2D eigenvalue weighted by Crippen LogP contribution is 2.34. The Balaban J connectivity index is 0.938. The second kappa shape index (κ2) is 13.9. The Morgan fingerprint density at radius 3 is 1.38 bits per heavy atom. The van der Waals surface area contributed by atoms with Crippen LogP contribution in [0.4, 0.5) is 0 Å². The molecule has 0 amide bonds. The molecule has 0 bridgehead atoms. The average molecular weight is 623 g/mol. The van der Waals surface area contributed by atoms with Gasteiger partial charge in [-0.25, -0.2) is 0 Å². The van der Waals surface area contributed by atoms with E-state index in [1.807, 2.05) is 47.8 Å². The van der Waals surface area contributed by atoms with E-state index < -0.39 is 12.2 Å². The van der Waals surface area contributed by atoms with Gasteiger partial charge in [-0.15, -0.1) is 0 Å². The van der Waals surface area contributed by atoms with Crippen LogP contribution in [0.25, 0.3) is 0 Å². The lowest BCUT2D eigenvalue weighted by atomic mass is 10.2. The second-order valence-corrected chi connectivity index (χ2v) is 16.6. The zero-order valence-electron chi connectivity index (χ0n) is 25.7. The first-order valence-corrected chi connectivity index (χ1v) is 17.0. The minimum Gasteiger partial charge on any atom is -0.491 e. The largest absolute Gasteiger partial charge is 0.491 e. The number of piperazine rings is 2. The number of nitrogens with zero attached hydrogens (tertiary/aromatic N) is 4. The highest BCUT2D eigenvalue weighted by Gasteiger charge is 2.34. The first-order valence-electron chi connectivity index (χ1n) is 15.4. The Labute approximate surface area is 259 Å². The maximum atomic E-state index is 10.6. The van der Waals surface area contributed by atoms with Crippen molar-refractivity contribution in [1.29, 1.82) is 0 Å². The number of rotatable bonds is 10. The number of quaternary nitrogens is 2. The Morgan fingerprint density at radius 2 is 1.07 bits per heavy atom. The van der Waals surface area contributed by atoms with Gasteiger partial charge in [-0.05, 0) is 52.0 Å². The van der Waals surface area contributed by atoms with Crippen molar-refractivity contribution >= 4 is 33.9 Å². The molecule has 4 aliphatic heterocycles. The van der Waals surface area contributed by atoms with Gasteiger partial charge in [-0.1, -0.05) is 23.5 Å². The minimum atomic E-state index is -0.518. The van der Waals surface area contributed by atoms with E-state index in [1.54, 1.807) is 0 Å². The molecule has 4 aliphatic rings. The lowest BCUT2D eigenvalue weighted by Gasteiger charge is -2.34. The van der Waals surface area contributed by atoms with Gasteiger partial charge in [0.2, 0.25) is 0 Å². The zero-order chi connectivity index (χ0) is 29.7. The fourth-order valence-electron chi connectivity index (χ4n) is 5.71. The van der Waals surface area contributed by atoms with Crippen molar-refractivity contribution < 1.29 is 29.5 Å². The van der Waals surface area contributed by atoms with E-state index in [9.17, 15) is 10.2 Å². The third-order valence-corrected chi connectivity index (χ3v) is 10.7. The maximum absolute atomic E-state index is 10.6. The van der Waals surface area contributed by atoms with Gasteiger partial charge in [0.1, 0.15) is 50.0 Å². The molecule has 2 atom stereocenters. The van der Waals surface area contributed by atoms with Crippen LogP contribution < -0.4 is 19.3 Å². The summed E-state index contributed by atoms with van der Waals surface area (Å²) < 4.78 is 12.1. The van der Waals surface area contributed by atoms with Crippen LogP contribution in [-0.4, -0.2) is 144 Å². The smallest absolute Gasteiger partial charge is 0.160 e. The summed E-state index contributed by atoms with van der Waals surface area (Å²) in [6, 6.07) is 7.43. The van der Waals surface area contributed by atoms with E-state index in [1.165, 1.54) is 20.1 Å². The van der Waals surface area contributed by atoms with Gasteiger partial charge in [-0.3, -0.25) is 9.98 Å². The molecule has 2 fully saturated rings. The van der Waals surface area contributed by atoms with E-state index in [0.717, 1.165) is 65.4 Å². The molecule has 1 aromatic rings. The topological polar surface area (TPSA) is 99.0 Å². The van der Waals surface area contributed by atoms with Gasteiger partial charge in [0.25, 0.3) is 0 Å². The van der Waals surface area contributed by atoms with Crippen LogP contribution in [0.5, 0.6) is 11.5 Å². The van der Waals surface area contributed by atoms with Gasteiger partial charge in [-0.2, -0.15) is 0 Å². The summed E-state index contributed by atoms with van der Waals surface area (Å²) in [5.74, 6) is 1.41. The molecule has 0 spiro atoms. The van der Waals surface area contributed by atoms with E-state index in [-0.39, 0.29) is 22.7 Å². The van der Waals surface area contributed by atoms with E-state index >= 15 is 0 Å². The summed E-state index contributed by atoms with van der Waals surface area (Å²) in [4.78, 5) is 17.0. The summed E-state index contributed by atoms with van der Waals surface area (Å²) in [7, 11) is 0. The predicted octanol–water partition coefficient (Wildman–Crippen LogP) is -0.670. The van der Waals surface area contributed by atoms with Crippen LogP contribution in [0.3, 0.4) is 0 Å². The highest BCUT2D eigenvalue weighted by atomic mass is 32.2. The Bertz CT molecular complexity index is 1000. The van der Waals surface area contributed by atoms with E-state index in [4.69, 9.17) is 19.5 Å². The predicted molar refractivity (Wildman–Crippen MR) is 172 cm³/mol. The van der Waals surface area contributed by atoms with Crippen molar-refractivity contribution in [3.8, 4) is 11.5 Å². The molecule has 42 heavy (non-hydrogen) atoms. The summed E-state index contributed by atoms with van der Waals surface area (Å²) >= 11 is 3.76. The SMILES string of the molecule is CC1(C)CN=C(N2CC[NH+](C[C@H](O)COc3ccc(OC[C@@H](O)C[NH+]4CCN(C5=NCC(C)(C)S5)CC4)cc3)CC2)S1. The van der Waals surface area contributed by atoms with Gasteiger partial charge in [0.15, 0.2) is 10.3 Å². The number of amidine groups is 2. The number of nitrogens with one attached hydrogen (secondary N) is 2. The van der Waals surface area contributed by atoms with Crippen molar-refractivity contribution in [3.63, 3.8) is 0 Å². The van der Waals surface area contributed by atoms with E-state index in [0.29, 0.717) is 24.6 Å². The summed E-state index contributed by atoms with van der Waals surface area (Å²) in [6.45, 7) is 20.6. The second-order valence-electron chi connectivity index (χ2n) is 13.2. The van der Waals surface area contributed by atoms with Crippen molar-refractivity contribution in [3.05, 3.63) is 24.3 Å². The van der Waals surface area contributed by atoms with E-state index in [2.05, 4.69) is 37.5 Å². The molecule has 0 saturated carbocycles. The Morgan fingerprint density at radius 1 is 0.714 bits per heavy atom. The maximum Gasteiger partial charge on any atom is 0.160 e. The van der Waals surface area contributed by atoms with Crippen molar-refractivity contribution in [2.24, 2.45) is 9.98 Å². The molecule has 12 heteroatoms. The number of aliphatic hydroxyl groups is 2. The van der Waals surface area contributed by atoms with Crippen LogP contribution in [-0.2, 0) is 0 Å². The van der Waals surface area contributed by atoms with Gasteiger partial charge in [0.05, 0.1) is 65.4 Å². The lowest BCUT2D eigenvalue weighted by Crippen LogP contribution is -3.15. The summed E-state index contributed by atoms with van der Waals surface area (Å²) in [5, 5.41) is 23.5. The molecule has 2 saturated heterocycles. The molecule has 0 aromatic heterocycles. The fraction of sp³-hybridized carbons (Fsp3) is 0.733. The first-order chi connectivity index (χ1) is 20.0. The number of hydrogen-bond donors (Lipinski definition) is 4. The molecular formula is C30H50N6O4S2+2. The van der Waals surface area contributed by atoms with Crippen LogP contribution in [0.15, 0.2) is 34.3 Å². The summed E-state index contributed by atoms with van der Waals surface area (Å²) in [6.07, 6.45) is -1.04. The van der Waals surface area contributed by atoms with Crippen LogP contribution in [0, 0.1) is 0 Å². The van der Waals surface area contributed by atoms with Crippen LogP contribution in [0.1, 0.15) is 27.7 Å². The number of aliphatic imine (C=N–C) groups is 2. The number of aliphatic hydroxyl groups excluding tert-OH is 2. The van der Waals surface area contributed by atoms with Crippen LogP contribution in [0.2, 0.25) is 0 Å². The monoisotopic (exact) mass is 622 g/mol. The molecule has 0 unspecified atom stereocenters. The zero-order valence-corrected chi connectivity index (χ0v) is 27.3. The molecule has 5 rings (SSSR count). The molecular weight excluding hydrogens is 573 g/mol. The molecule has 10 nitrogen and oxygen atoms in total. The van der Waals surface area contributed by atoms with Crippen LogP contribution >= 0.6 is 23.5 Å². The van der Waals surface area contributed by atoms with Crippen molar-refractivity contribution in [2.45, 2.75) is 49.4 Å². The average Bonchev–Trinajstić information content (AvgIpc) is 3.52. The molecule has 1 aromatic carbocycles. The molecule has 0 aliphatic carbocycles. The van der Waals surface area contributed by atoms with Gasteiger partial charge in [0, 0.05) is 9.49 Å². The lowest BCUT2D eigenvalue weighted by molar-refractivity contribution is -0.907. The summed E-state index contributed by atoms with van der Waals surface area (Å²) in [5.41, 5.74) is 0. The molecule has 4 N–H and O–H groups in total. The normalized spacial score (nSPS) is 24.3. The molecule has 0 radical (unpaired) electrons. The third kappa shape index (κ3) is 9.15. The molecule has 4 heterocycles. The quantitative estimate of drug-likeness (QED) is 0.273. The fourth-order valence-corrected chi connectivity index (χ4v) is 7.83.